The van der Waals surface area contributed by atoms with Crippen molar-refractivity contribution in [3.05, 3.63) is 35.6 Å². The summed E-state index contributed by atoms with van der Waals surface area (Å²) in [4.78, 5) is 0. The van der Waals surface area contributed by atoms with E-state index >= 15 is 0 Å². The lowest BCUT2D eigenvalue weighted by atomic mass is 9.87. The van der Waals surface area contributed by atoms with Gasteiger partial charge in [-0.1, -0.05) is 32.0 Å². The van der Waals surface area contributed by atoms with E-state index in [4.69, 9.17) is 0 Å². The average Bonchev–Trinajstić information content (AvgIpc) is 2.27. The summed E-state index contributed by atoms with van der Waals surface area (Å²) in [5.41, 5.74) is 0.834. The van der Waals surface area contributed by atoms with Gasteiger partial charge >= 0.3 is 0 Å². The SMILES string of the molecule is CCC(NC)C(CC)c1ccccc1F. The summed E-state index contributed by atoms with van der Waals surface area (Å²) in [6.07, 6.45) is 1.98. The number of hydrogen-bond donors (Lipinski definition) is 1. The number of likely N-dealkylation sites (N-methyl/N-ethyl adjacent to an activating group) is 1. The molecule has 0 saturated carbocycles. The predicted molar refractivity (Wildman–Crippen MR) is 62.6 cm³/mol. The van der Waals surface area contributed by atoms with Gasteiger partial charge in [0.1, 0.15) is 5.82 Å². The van der Waals surface area contributed by atoms with Crippen LogP contribution < -0.4 is 5.32 Å². The van der Waals surface area contributed by atoms with Crippen molar-refractivity contribution in [1.82, 2.24) is 5.32 Å². The molecule has 1 aromatic carbocycles. The topological polar surface area (TPSA) is 12.0 Å². The van der Waals surface area contributed by atoms with E-state index in [1.165, 1.54) is 0 Å². The molecule has 0 aliphatic carbocycles. The Hall–Kier alpha value is -0.890. The van der Waals surface area contributed by atoms with Crippen LogP contribution in [0.5, 0.6) is 0 Å². The maximum atomic E-state index is 13.6. The molecule has 2 atom stereocenters. The van der Waals surface area contributed by atoms with Crippen LogP contribution in [0.25, 0.3) is 0 Å². The quantitative estimate of drug-likeness (QED) is 0.784. The molecule has 0 aliphatic rings. The third-order valence-electron chi connectivity index (χ3n) is 3.04. The molecule has 0 fully saturated rings. The molecule has 0 saturated heterocycles. The fourth-order valence-corrected chi connectivity index (χ4v) is 2.19. The highest BCUT2D eigenvalue weighted by molar-refractivity contribution is 5.23. The molecule has 1 rings (SSSR count). The standard InChI is InChI=1S/C13H20FN/c1-4-10(13(5-2)15-3)11-8-6-7-9-12(11)14/h6-10,13,15H,4-5H2,1-3H3. The van der Waals surface area contributed by atoms with Crippen LogP contribution in [0.1, 0.15) is 38.2 Å². The minimum absolute atomic E-state index is 0.0851. The third-order valence-corrected chi connectivity index (χ3v) is 3.04. The van der Waals surface area contributed by atoms with Gasteiger partial charge in [0.2, 0.25) is 0 Å². The Labute approximate surface area is 91.7 Å². The first-order chi connectivity index (χ1) is 7.24. The molecule has 0 heterocycles. The minimum Gasteiger partial charge on any atom is -0.316 e. The largest absolute Gasteiger partial charge is 0.316 e. The van der Waals surface area contributed by atoms with E-state index in [0.29, 0.717) is 6.04 Å². The second-order valence-corrected chi connectivity index (χ2v) is 3.84. The number of halogens is 1. The Kier molecular flexibility index (Phi) is 4.76. The second kappa shape index (κ2) is 5.86. The van der Waals surface area contributed by atoms with Crippen LogP contribution in [0.2, 0.25) is 0 Å². The lowest BCUT2D eigenvalue weighted by molar-refractivity contribution is 0.425. The van der Waals surface area contributed by atoms with Crippen molar-refractivity contribution in [2.24, 2.45) is 0 Å². The van der Waals surface area contributed by atoms with Crippen LogP contribution >= 0.6 is 0 Å². The summed E-state index contributed by atoms with van der Waals surface area (Å²) in [5.74, 6) is 0.180. The highest BCUT2D eigenvalue weighted by atomic mass is 19.1. The van der Waals surface area contributed by atoms with Crippen LogP contribution in [0.4, 0.5) is 4.39 Å². The van der Waals surface area contributed by atoms with Gasteiger partial charge in [-0.05, 0) is 31.5 Å². The fourth-order valence-electron chi connectivity index (χ4n) is 2.19. The normalized spacial score (nSPS) is 14.9. The second-order valence-electron chi connectivity index (χ2n) is 3.84. The monoisotopic (exact) mass is 209 g/mol. The molecule has 2 heteroatoms. The molecule has 0 spiro atoms. The molecule has 0 aromatic heterocycles. The van der Waals surface area contributed by atoms with Gasteiger partial charge in [-0.15, -0.1) is 0 Å². The lowest BCUT2D eigenvalue weighted by Crippen LogP contribution is -2.31. The zero-order valence-corrected chi connectivity index (χ0v) is 9.76. The average molecular weight is 209 g/mol. The van der Waals surface area contributed by atoms with E-state index in [9.17, 15) is 4.39 Å². The van der Waals surface area contributed by atoms with Gasteiger partial charge in [0.05, 0.1) is 0 Å². The molecule has 0 amide bonds. The first-order valence-electron chi connectivity index (χ1n) is 5.66. The van der Waals surface area contributed by atoms with Crippen molar-refractivity contribution in [2.45, 2.75) is 38.6 Å². The third kappa shape index (κ3) is 2.78. The van der Waals surface area contributed by atoms with Crippen molar-refractivity contribution in [3.63, 3.8) is 0 Å². The number of rotatable bonds is 5. The summed E-state index contributed by atoms with van der Waals surface area (Å²) >= 11 is 0. The predicted octanol–water partition coefficient (Wildman–Crippen LogP) is 3.32. The van der Waals surface area contributed by atoms with Crippen LogP contribution in [0.3, 0.4) is 0 Å². The number of nitrogens with one attached hydrogen (secondary N) is 1. The van der Waals surface area contributed by atoms with Crippen molar-refractivity contribution in [1.29, 1.82) is 0 Å². The minimum atomic E-state index is -0.0851. The number of benzene rings is 1. The zero-order chi connectivity index (χ0) is 11.3. The molecule has 1 aromatic rings. The van der Waals surface area contributed by atoms with Crippen molar-refractivity contribution in [2.75, 3.05) is 7.05 Å². The summed E-state index contributed by atoms with van der Waals surface area (Å²) in [6, 6.07) is 7.44. The molecule has 2 unspecified atom stereocenters. The van der Waals surface area contributed by atoms with Crippen molar-refractivity contribution >= 4 is 0 Å². The Balaban J connectivity index is 2.96. The first kappa shape index (κ1) is 12.2. The molecular weight excluding hydrogens is 189 g/mol. The summed E-state index contributed by atoms with van der Waals surface area (Å²) < 4.78 is 13.6. The molecule has 0 radical (unpaired) electrons. The smallest absolute Gasteiger partial charge is 0.126 e. The fraction of sp³-hybridized carbons (Fsp3) is 0.538. The van der Waals surface area contributed by atoms with Gasteiger partial charge in [0.25, 0.3) is 0 Å². The van der Waals surface area contributed by atoms with Crippen LogP contribution in [0.15, 0.2) is 24.3 Å². The van der Waals surface area contributed by atoms with Crippen molar-refractivity contribution in [3.8, 4) is 0 Å². The maximum Gasteiger partial charge on any atom is 0.126 e. The van der Waals surface area contributed by atoms with E-state index in [2.05, 4.69) is 19.2 Å². The van der Waals surface area contributed by atoms with Gasteiger partial charge in [-0.2, -0.15) is 0 Å². The van der Waals surface area contributed by atoms with E-state index < -0.39 is 0 Å². The highest BCUT2D eigenvalue weighted by Gasteiger charge is 2.20. The summed E-state index contributed by atoms with van der Waals surface area (Å²) in [5, 5.41) is 3.26. The molecule has 84 valence electrons. The Morgan fingerprint density at radius 3 is 2.33 bits per heavy atom. The van der Waals surface area contributed by atoms with E-state index in [-0.39, 0.29) is 11.7 Å². The van der Waals surface area contributed by atoms with Gasteiger partial charge in [-0.3, -0.25) is 0 Å². The van der Waals surface area contributed by atoms with E-state index in [0.717, 1.165) is 18.4 Å². The highest BCUT2D eigenvalue weighted by Crippen LogP contribution is 2.26. The zero-order valence-electron chi connectivity index (χ0n) is 9.76. The summed E-state index contributed by atoms with van der Waals surface area (Å²) in [7, 11) is 1.94. The van der Waals surface area contributed by atoms with Crippen LogP contribution in [-0.2, 0) is 0 Å². The lowest BCUT2D eigenvalue weighted by Gasteiger charge is -2.25. The first-order valence-corrected chi connectivity index (χ1v) is 5.66. The van der Waals surface area contributed by atoms with Gasteiger partial charge in [0, 0.05) is 12.0 Å². The molecule has 15 heavy (non-hydrogen) atoms. The van der Waals surface area contributed by atoms with E-state index in [1.807, 2.05) is 19.2 Å². The molecule has 1 N–H and O–H groups in total. The van der Waals surface area contributed by atoms with Gasteiger partial charge in [0.15, 0.2) is 0 Å². The molecule has 0 bridgehead atoms. The van der Waals surface area contributed by atoms with Crippen LogP contribution in [0, 0.1) is 5.82 Å². The van der Waals surface area contributed by atoms with Crippen molar-refractivity contribution < 1.29 is 4.39 Å². The molecular formula is C13H20FN. The number of hydrogen-bond acceptors (Lipinski definition) is 1. The molecule has 0 aliphatic heterocycles. The summed E-state index contributed by atoms with van der Waals surface area (Å²) in [6.45, 7) is 4.24. The van der Waals surface area contributed by atoms with E-state index in [1.54, 1.807) is 12.1 Å². The maximum absolute atomic E-state index is 13.6. The van der Waals surface area contributed by atoms with Gasteiger partial charge in [-0.25, -0.2) is 4.39 Å². The Morgan fingerprint density at radius 1 is 1.20 bits per heavy atom. The van der Waals surface area contributed by atoms with Crippen LogP contribution in [-0.4, -0.2) is 13.1 Å². The molecule has 1 nitrogen and oxygen atoms in total. The Bertz CT molecular complexity index is 294. The van der Waals surface area contributed by atoms with Gasteiger partial charge < -0.3 is 5.32 Å². The Morgan fingerprint density at radius 2 is 1.87 bits per heavy atom.